The van der Waals surface area contributed by atoms with Gasteiger partial charge in [-0.2, -0.15) is 0 Å². The molecule has 49 heavy (non-hydrogen) atoms. The van der Waals surface area contributed by atoms with Gasteiger partial charge in [0.15, 0.2) is 0 Å². The third-order valence-corrected chi connectivity index (χ3v) is 8.97. The minimum Gasteiger partial charge on any atom is -0.491 e. The van der Waals surface area contributed by atoms with Crippen LogP contribution in [0.5, 0.6) is 5.75 Å². The maximum atomic E-state index is 15.6. The minimum absolute atomic E-state index is 0.0793. The molecule has 4 aromatic rings. The van der Waals surface area contributed by atoms with Crippen molar-refractivity contribution in [1.82, 2.24) is 9.88 Å². The van der Waals surface area contributed by atoms with Gasteiger partial charge >= 0.3 is 0 Å². The van der Waals surface area contributed by atoms with Crippen molar-refractivity contribution >= 4 is 49.1 Å². The fourth-order valence-corrected chi connectivity index (χ4v) is 6.51. The molecule has 1 heterocycles. The topological polar surface area (TPSA) is 113 Å². The van der Waals surface area contributed by atoms with Crippen LogP contribution in [0.25, 0.3) is 11.1 Å². The monoisotopic (exact) mass is 780 g/mol. The molecule has 0 bridgehead atoms. The summed E-state index contributed by atoms with van der Waals surface area (Å²) in [6.45, 7) is 3.43. The van der Waals surface area contributed by atoms with Crippen molar-refractivity contribution in [1.29, 1.82) is 0 Å². The highest BCUT2D eigenvalue weighted by molar-refractivity contribution is 9.09. The van der Waals surface area contributed by atoms with E-state index in [2.05, 4.69) is 21.2 Å². The SMILES string of the molecule is Cc1c(F)ccc(F)c1-c1c(C(=O)N[C@@H](CS(C)(=O)=O)c2cccc(Cl)c2)cn(C)c1C(=O)c1ccc(OCCOCCOCCBr)cc1. The fourth-order valence-electron chi connectivity index (χ4n) is 5.20. The average Bonchev–Trinajstić information content (AvgIpc) is 3.39. The largest absolute Gasteiger partial charge is 0.491 e. The number of halogens is 4. The van der Waals surface area contributed by atoms with Crippen LogP contribution in [-0.4, -0.2) is 75.0 Å². The van der Waals surface area contributed by atoms with Gasteiger partial charge in [-0.05, 0) is 66.6 Å². The number of rotatable bonds is 17. The van der Waals surface area contributed by atoms with E-state index < -0.39 is 45.0 Å². The number of sulfone groups is 1. The zero-order valence-electron chi connectivity index (χ0n) is 27.1. The number of carbonyl (C=O) groups excluding carboxylic acids is 2. The average molecular weight is 782 g/mol. The zero-order valence-corrected chi connectivity index (χ0v) is 30.3. The maximum absolute atomic E-state index is 15.6. The summed E-state index contributed by atoms with van der Waals surface area (Å²) in [5.74, 6) is -2.95. The van der Waals surface area contributed by atoms with Crippen molar-refractivity contribution in [2.45, 2.75) is 13.0 Å². The van der Waals surface area contributed by atoms with Crippen LogP contribution in [-0.2, 0) is 26.4 Å². The molecular weight excluding hydrogens is 746 g/mol. The second-order valence-corrected chi connectivity index (χ2v) is 14.6. The first-order chi connectivity index (χ1) is 23.3. The first-order valence-electron chi connectivity index (χ1n) is 15.2. The van der Waals surface area contributed by atoms with Crippen LogP contribution in [0.2, 0.25) is 5.02 Å². The summed E-state index contributed by atoms with van der Waals surface area (Å²) in [6, 6.07) is 13.4. The van der Waals surface area contributed by atoms with Gasteiger partial charge in [0.1, 0.15) is 33.8 Å². The molecule has 0 fully saturated rings. The first-order valence-corrected chi connectivity index (χ1v) is 18.7. The van der Waals surface area contributed by atoms with Gasteiger partial charge in [0.05, 0.1) is 49.5 Å². The highest BCUT2D eigenvalue weighted by Gasteiger charge is 2.31. The number of aromatic nitrogens is 1. The summed E-state index contributed by atoms with van der Waals surface area (Å²) in [6.07, 6.45) is 2.36. The van der Waals surface area contributed by atoms with Gasteiger partial charge in [0.25, 0.3) is 5.91 Å². The second kappa shape index (κ2) is 17.3. The van der Waals surface area contributed by atoms with Crippen LogP contribution in [0.4, 0.5) is 8.78 Å². The number of ketones is 1. The number of nitrogens with one attached hydrogen (secondary N) is 1. The minimum atomic E-state index is -3.61. The first kappa shape index (κ1) is 38.2. The van der Waals surface area contributed by atoms with Gasteiger partial charge in [-0.3, -0.25) is 9.59 Å². The number of carbonyl (C=O) groups is 2. The lowest BCUT2D eigenvalue weighted by atomic mass is 9.92. The van der Waals surface area contributed by atoms with E-state index in [0.29, 0.717) is 42.8 Å². The molecule has 1 N–H and O–H groups in total. The van der Waals surface area contributed by atoms with Crippen LogP contribution in [0.15, 0.2) is 66.9 Å². The molecule has 0 aliphatic carbocycles. The van der Waals surface area contributed by atoms with E-state index in [-0.39, 0.29) is 40.1 Å². The molecule has 0 aliphatic heterocycles. The molecule has 0 spiro atoms. The number of aryl methyl sites for hydroxylation is 1. The molecule has 3 aromatic carbocycles. The van der Waals surface area contributed by atoms with Gasteiger partial charge in [-0.1, -0.05) is 39.7 Å². The van der Waals surface area contributed by atoms with Crippen LogP contribution < -0.4 is 10.1 Å². The number of alkyl halides is 1. The van der Waals surface area contributed by atoms with Crippen LogP contribution in [0.3, 0.4) is 0 Å². The lowest BCUT2D eigenvalue weighted by Gasteiger charge is -2.19. The Balaban J connectivity index is 1.67. The van der Waals surface area contributed by atoms with Crippen molar-refractivity contribution in [3.8, 4) is 16.9 Å². The molecular formula is C35H36BrClF2N2O7S. The summed E-state index contributed by atoms with van der Waals surface area (Å²) < 4.78 is 73.0. The van der Waals surface area contributed by atoms with Crippen LogP contribution >= 0.6 is 27.5 Å². The van der Waals surface area contributed by atoms with Crippen molar-refractivity contribution in [2.75, 3.05) is 50.4 Å². The number of ether oxygens (including phenoxy) is 3. The Hall–Kier alpha value is -3.62. The summed E-state index contributed by atoms with van der Waals surface area (Å²) in [5, 5.41) is 3.78. The Bertz CT molecular complexity index is 1900. The predicted octanol–water partition coefficient (Wildman–Crippen LogP) is 6.49. The lowest BCUT2D eigenvalue weighted by molar-refractivity contribution is 0.0414. The predicted molar refractivity (Wildman–Crippen MR) is 188 cm³/mol. The zero-order chi connectivity index (χ0) is 35.7. The third kappa shape index (κ3) is 10.2. The van der Waals surface area contributed by atoms with Crippen LogP contribution in [0, 0.1) is 18.6 Å². The highest BCUT2D eigenvalue weighted by atomic mass is 79.9. The number of hydrogen-bond donors (Lipinski definition) is 1. The standard InChI is InChI=1S/C35H36BrClF2N2O7S/c1-22-28(38)11-12-29(39)31(22)32-27(35(43)40-30(21-49(3,44)45)24-5-4-6-25(37)19-24)20-41(2)33(32)34(42)23-7-9-26(10-8-23)48-18-17-47-16-15-46-14-13-36/h4-12,19-20,30H,13-18,21H2,1-3H3,(H,40,43)/t30-/m0/s1. The Morgan fingerprint density at radius 1 is 0.939 bits per heavy atom. The Morgan fingerprint density at radius 2 is 1.59 bits per heavy atom. The summed E-state index contributed by atoms with van der Waals surface area (Å²) in [4.78, 5) is 28.0. The number of hydrogen-bond acceptors (Lipinski definition) is 7. The van der Waals surface area contributed by atoms with E-state index >= 15 is 4.39 Å². The summed E-state index contributed by atoms with van der Waals surface area (Å²) in [7, 11) is -2.11. The van der Waals surface area contributed by atoms with Gasteiger partial charge in [-0.15, -0.1) is 0 Å². The molecule has 4 rings (SSSR count). The maximum Gasteiger partial charge on any atom is 0.253 e. The van der Waals surface area contributed by atoms with Crippen molar-refractivity contribution in [3.63, 3.8) is 0 Å². The highest BCUT2D eigenvalue weighted by Crippen LogP contribution is 2.37. The van der Waals surface area contributed by atoms with Gasteiger partial charge in [0.2, 0.25) is 5.78 Å². The normalized spacial score (nSPS) is 12.1. The molecule has 0 saturated heterocycles. The van der Waals surface area contributed by atoms with Gasteiger partial charge in [0, 0.05) is 46.5 Å². The van der Waals surface area contributed by atoms with Crippen molar-refractivity contribution in [2.24, 2.45) is 7.05 Å². The molecule has 1 amide bonds. The van der Waals surface area contributed by atoms with Crippen molar-refractivity contribution in [3.05, 3.63) is 111 Å². The van der Waals surface area contributed by atoms with Gasteiger partial charge in [-0.25, -0.2) is 17.2 Å². The van der Waals surface area contributed by atoms with Crippen LogP contribution in [0.1, 0.15) is 43.6 Å². The smallest absolute Gasteiger partial charge is 0.253 e. The summed E-state index contributed by atoms with van der Waals surface area (Å²) >= 11 is 9.43. The molecule has 1 atom stereocenters. The Kier molecular flexibility index (Phi) is 13.5. The lowest BCUT2D eigenvalue weighted by Crippen LogP contribution is -2.33. The molecule has 9 nitrogen and oxygen atoms in total. The third-order valence-electron chi connectivity index (χ3n) is 7.47. The van der Waals surface area contributed by atoms with Gasteiger partial charge < -0.3 is 24.1 Å². The van der Waals surface area contributed by atoms with E-state index in [1.54, 1.807) is 30.3 Å². The molecule has 1 aromatic heterocycles. The van der Waals surface area contributed by atoms with E-state index in [9.17, 15) is 22.4 Å². The Morgan fingerprint density at radius 3 is 2.24 bits per heavy atom. The molecule has 0 aliphatic rings. The quantitative estimate of drug-likeness (QED) is 0.0741. The molecule has 262 valence electrons. The van der Waals surface area contributed by atoms with Crippen molar-refractivity contribution < 1.29 is 41.0 Å². The van der Waals surface area contributed by atoms with E-state index in [4.69, 9.17) is 25.8 Å². The molecule has 0 saturated carbocycles. The summed E-state index contributed by atoms with van der Waals surface area (Å²) in [5.41, 5.74) is -0.139. The fraction of sp³-hybridized carbons (Fsp3) is 0.314. The molecule has 0 radical (unpaired) electrons. The number of amides is 1. The molecule has 14 heteroatoms. The second-order valence-electron chi connectivity index (χ2n) is 11.2. The Labute approximate surface area is 297 Å². The molecule has 0 unspecified atom stereocenters. The number of benzene rings is 3. The van der Waals surface area contributed by atoms with E-state index in [1.807, 2.05) is 0 Å². The van der Waals surface area contributed by atoms with E-state index in [1.165, 1.54) is 42.9 Å². The number of nitrogens with zero attached hydrogens (tertiary/aromatic N) is 1. The van der Waals surface area contributed by atoms with E-state index in [0.717, 1.165) is 23.7 Å².